The Bertz CT molecular complexity index is 1230. The van der Waals surface area contributed by atoms with Crippen LogP contribution in [-0.2, 0) is 25.5 Å². The third-order valence-corrected chi connectivity index (χ3v) is 6.75. The average Bonchev–Trinajstić information content (AvgIpc) is 2.83. The van der Waals surface area contributed by atoms with Gasteiger partial charge in [0.25, 0.3) is 11.6 Å². The molecular weight excluding hydrogens is 456 g/mol. The van der Waals surface area contributed by atoms with Crippen molar-refractivity contribution in [3.05, 3.63) is 63.2 Å². The number of nitrogens with zero attached hydrogens (tertiary/aromatic N) is 3. The minimum atomic E-state index is -1.70. The van der Waals surface area contributed by atoms with Gasteiger partial charge in [0.2, 0.25) is 5.91 Å². The van der Waals surface area contributed by atoms with Gasteiger partial charge in [0.15, 0.2) is 11.7 Å². The molecule has 2 heterocycles. The van der Waals surface area contributed by atoms with Crippen LogP contribution in [0, 0.1) is 29.4 Å². The van der Waals surface area contributed by atoms with Gasteiger partial charge in [-0.25, -0.2) is 9.69 Å². The van der Waals surface area contributed by atoms with Crippen LogP contribution in [0.2, 0.25) is 0 Å². The summed E-state index contributed by atoms with van der Waals surface area (Å²) >= 11 is 0. The topological polar surface area (TPSA) is 131 Å². The van der Waals surface area contributed by atoms with E-state index >= 15 is 0 Å². The van der Waals surface area contributed by atoms with Crippen LogP contribution in [0.4, 0.5) is 21.9 Å². The average molecular weight is 482 g/mol. The smallest absolute Gasteiger partial charge is 0.335 e. The van der Waals surface area contributed by atoms with Gasteiger partial charge in [-0.15, -0.1) is 0 Å². The van der Waals surface area contributed by atoms with Crippen LogP contribution in [0.25, 0.3) is 0 Å². The number of hydrogen-bond donors (Lipinski definition) is 1. The number of nitro benzene ring substituents is 1. The molecule has 11 heteroatoms. The molecule has 0 radical (unpaired) electrons. The van der Waals surface area contributed by atoms with E-state index in [4.69, 9.17) is 9.47 Å². The van der Waals surface area contributed by atoms with Crippen LogP contribution >= 0.6 is 0 Å². The molecule has 1 spiro atoms. The molecule has 1 fully saturated rings. The lowest BCUT2D eigenvalue weighted by atomic mass is 9.74. The van der Waals surface area contributed by atoms with Crippen molar-refractivity contribution in [1.29, 1.82) is 0 Å². The van der Waals surface area contributed by atoms with Crippen LogP contribution in [0.5, 0.6) is 0 Å². The summed E-state index contributed by atoms with van der Waals surface area (Å²) in [4.78, 5) is 53.8. The van der Waals surface area contributed by atoms with E-state index in [1.807, 2.05) is 13.0 Å². The zero-order valence-electron chi connectivity index (χ0n) is 19.9. The third kappa shape index (κ3) is 4.02. The first-order valence-corrected chi connectivity index (χ1v) is 11.0. The van der Waals surface area contributed by atoms with Crippen molar-refractivity contribution in [1.82, 2.24) is 5.32 Å². The largest absolute Gasteiger partial charge is 0.365 e. The second-order valence-corrected chi connectivity index (χ2v) is 8.73. The van der Waals surface area contributed by atoms with E-state index in [1.165, 1.54) is 26.4 Å². The Hall–Kier alpha value is -3.83. The van der Waals surface area contributed by atoms with Gasteiger partial charge in [-0.1, -0.05) is 12.1 Å². The number of rotatable bonds is 6. The number of imide groups is 2. The number of non-ortho nitro benzene ring substituents is 1. The molecule has 0 saturated carbocycles. The van der Waals surface area contributed by atoms with Crippen molar-refractivity contribution in [2.75, 3.05) is 37.1 Å². The molecule has 0 bridgehead atoms. The molecule has 2 aromatic carbocycles. The summed E-state index contributed by atoms with van der Waals surface area (Å²) in [6.45, 7) is 3.74. The highest BCUT2D eigenvalue weighted by Crippen LogP contribution is 2.42. The van der Waals surface area contributed by atoms with Crippen molar-refractivity contribution >= 4 is 34.9 Å². The quantitative estimate of drug-likeness (QED) is 0.288. The van der Waals surface area contributed by atoms with Crippen LogP contribution in [-0.4, -0.2) is 56.4 Å². The number of hydrogen-bond acceptors (Lipinski definition) is 8. The summed E-state index contributed by atoms with van der Waals surface area (Å²) in [7, 11) is 2.92. The number of amides is 4. The van der Waals surface area contributed by atoms with Crippen LogP contribution in [0.3, 0.4) is 0 Å². The van der Waals surface area contributed by atoms with Crippen molar-refractivity contribution in [2.24, 2.45) is 5.41 Å². The Morgan fingerprint density at radius 2 is 1.83 bits per heavy atom. The van der Waals surface area contributed by atoms with Gasteiger partial charge < -0.3 is 14.4 Å². The Labute approximate surface area is 201 Å². The molecule has 4 amide bonds. The zero-order chi connectivity index (χ0) is 25.5. The predicted molar refractivity (Wildman–Crippen MR) is 126 cm³/mol. The Balaban J connectivity index is 1.85. The fourth-order valence-corrected chi connectivity index (χ4v) is 4.68. The van der Waals surface area contributed by atoms with E-state index in [-0.39, 0.29) is 25.2 Å². The van der Waals surface area contributed by atoms with E-state index in [2.05, 4.69) is 5.32 Å². The number of anilines is 2. The lowest BCUT2D eigenvalue weighted by Crippen LogP contribution is -2.69. The molecule has 35 heavy (non-hydrogen) atoms. The number of methoxy groups -OCH3 is 2. The molecule has 2 aliphatic heterocycles. The highest BCUT2D eigenvalue weighted by Gasteiger charge is 2.57. The van der Waals surface area contributed by atoms with Gasteiger partial charge in [-0.3, -0.25) is 25.0 Å². The van der Waals surface area contributed by atoms with Gasteiger partial charge in [-0.2, -0.15) is 0 Å². The van der Waals surface area contributed by atoms with Crippen LogP contribution in [0.1, 0.15) is 16.7 Å². The van der Waals surface area contributed by atoms with Gasteiger partial charge in [-0.05, 0) is 49.1 Å². The molecule has 0 aliphatic carbocycles. The first kappa shape index (κ1) is 24.3. The van der Waals surface area contributed by atoms with Crippen LogP contribution in [0.15, 0.2) is 36.4 Å². The fourth-order valence-electron chi connectivity index (χ4n) is 4.68. The molecular formula is C24H26N4O7. The van der Waals surface area contributed by atoms with Crippen molar-refractivity contribution in [3.8, 4) is 0 Å². The Kier molecular flexibility index (Phi) is 6.30. The summed E-state index contributed by atoms with van der Waals surface area (Å²) in [6.07, 6.45) is -0.795. The fraction of sp³-hybridized carbons (Fsp3) is 0.375. The number of carbonyl (C=O) groups is 3. The molecule has 1 atom stereocenters. The highest BCUT2D eigenvalue weighted by atomic mass is 16.7. The van der Waals surface area contributed by atoms with Crippen LogP contribution < -0.4 is 15.1 Å². The molecule has 2 aromatic rings. The van der Waals surface area contributed by atoms with Gasteiger partial charge >= 0.3 is 6.03 Å². The number of nitro groups is 1. The van der Waals surface area contributed by atoms with Crippen molar-refractivity contribution in [3.63, 3.8) is 0 Å². The number of fused-ring (bicyclic) bond motifs is 1. The lowest BCUT2D eigenvalue weighted by molar-refractivity contribution is -0.384. The van der Waals surface area contributed by atoms with E-state index in [9.17, 15) is 24.5 Å². The summed E-state index contributed by atoms with van der Waals surface area (Å²) in [5.41, 5.74) is 1.18. The molecule has 0 unspecified atom stereocenters. The SMILES string of the molecule is COC(CN1C[C@@]2(Cc3cc([N+](=O)[O-])ccc31)C(=O)NC(=O)N(c1cccc(C)c1C)C2=O)OC. The number of aryl methyl sites for hydroxylation is 1. The number of carbonyl (C=O) groups excluding carboxylic acids is 3. The van der Waals surface area contributed by atoms with E-state index in [0.717, 1.165) is 16.0 Å². The third-order valence-electron chi connectivity index (χ3n) is 6.75. The summed E-state index contributed by atoms with van der Waals surface area (Å²) < 4.78 is 10.6. The maximum atomic E-state index is 14.0. The first-order chi connectivity index (χ1) is 16.6. The summed E-state index contributed by atoms with van der Waals surface area (Å²) in [5, 5.41) is 13.8. The maximum Gasteiger partial charge on any atom is 0.335 e. The highest BCUT2D eigenvalue weighted by molar-refractivity contribution is 6.30. The molecule has 2 aliphatic rings. The van der Waals surface area contributed by atoms with Crippen molar-refractivity contribution < 1.29 is 28.8 Å². The molecule has 4 rings (SSSR count). The van der Waals surface area contributed by atoms with Gasteiger partial charge in [0.1, 0.15) is 0 Å². The number of ether oxygens (including phenoxy) is 2. The first-order valence-electron chi connectivity index (χ1n) is 11.0. The van der Waals surface area contributed by atoms with Gasteiger partial charge in [0, 0.05) is 38.6 Å². The second kappa shape index (κ2) is 9.08. The Morgan fingerprint density at radius 3 is 2.49 bits per heavy atom. The standard InChI is InChI=1S/C24H26N4O7/c1-14-6-5-7-18(15(14)2)27-22(30)24(21(29)25-23(27)31)11-16-10-17(28(32)33)8-9-19(16)26(13-24)12-20(34-3)35-4/h5-10,20H,11-13H2,1-4H3,(H,25,29,31)/t24-/m0/s1. The monoisotopic (exact) mass is 482 g/mol. The molecule has 184 valence electrons. The van der Waals surface area contributed by atoms with E-state index in [0.29, 0.717) is 16.9 Å². The molecule has 0 aromatic heterocycles. The van der Waals surface area contributed by atoms with E-state index < -0.39 is 34.5 Å². The maximum absolute atomic E-state index is 14.0. The summed E-state index contributed by atoms with van der Waals surface area (Å²) in [6, 6.07) is 8.72. The molecule has 11 nitrogen and oxygen atoms in total. The summed E-state index contributed by atoms with van der Waals surface area (Å²) in [5.74, 6) is -1.43. The zero-order valence-corrected chi connectivity index (χ0v) is 19.9. The van der Waals surface area contributed by atoms with Gasteiger partial charge in [0.05, 0.1) is 17.2 Å². The normalized spacial score (nSPS) is 19.9. The minimum absolute atomic E-state index is 0.0691. The van der Waals surface area contributed by atoms with E-state index in [1.54, 1.807) is 30.0 Å². The predicted octanol–water partition coefficient (Wildman–Crippen LogP) is 2.46. The number of nitrogens with one attached hydrogen (secondary N) is 1. The number of urea groups is 1. The molecule has 1 N–H and O–H groups in total. The molecule has 1 saturated heterocycles. The minimum Gasteiger partial charge on any atom is -0.365 e. The number of benzene rings is 2. The second-order valence-electron chi connectivity index (χ2n) is 8.73. The Morgan fingerprint density at radius 1 is 1.11 bits per heavy atom. The number of barbiturate groups is 1. The lowest BCUT2D eigenvalue weighted by Gasteiger charge is -2.46. The van der Waals surface area contributed by atoms with Crippen molar-refractivity contribution in [2.45, 2.75) is 26.6 Å².